The van der Waals surface area contributed by atoms with Crippen LogP contribution in [0.1, 0.15) is 35.9 Å². The van der Waals surface area contributed by atoms with Crippen molar-refractivity contribution in [1.29, 1.82) is 0 Å². The van der Waals surface area contributed by atoms with Crippen LogP contribution in [0.15, 0.2) is 16.7 Å². The Bertz CT molecular complexity index is 643. The Morgan fingerprint density at radius 1 is 1.39 bits per heavy atom. The third-order valence-corrected chi connectivity index (χ3v) is 4.87. The Labute approximate surface area is 133 Å². The van der Waals surface area contributed by atoms with E-state index < -0.39 is 30.2 Å². The molecule has 23 heavy (non-hydrogen) atoms. The van der Waals surface area contributed by atoms with Crippen LogP contribution >= 0.6 is 0 Å². The average Bonchev–Trinajstić information content (AvgIpc) is 3.02. The van der Waals surface area contributed by atoms with Crippen LogP contribution < -0.4 is 0 Å². The summed E-state index contributed by atoms with van der Waals surface area (Å²) in [6.45, 7) is 3.80. The number of alkyl halides is 2. The van der Waals surface area contributed by atoms with Gasteiger partial charge in [-0.3, -0.25) is 9.59 Å². The molecule has 1 spiro atoms. The van der Waals surface area contributed by atoms with E-state index >= 15 is 0 Å². The lowest BCUT2D eigenvalue weighted by Gasteiger charge is -2.42. The second-order valence-corrected chi connectivity index (χ2v) is 6.50. The molecule has 2 fully saturated rings. The van der Waals surface area contributed by atoms with Crippen LogP contribution in [0.3, 0.4) is 0 Å². The summed E-state index contributed by atoms with van der Waals surface area (Å²) in [5, 5.41) is 0. The molecule has 5 nitrogen and oxygen atoms in total. The molecule has 3 heterocycles. The molecule has 0 radical (unpaired) electrons. The zero-order valence-electron chi connectivity index (χ0n) is 13.3. The van der Waals surface area contributed by atoms with Crippen LogP contribution in [0.2, 0.25) is 0 Å². The van der Waals surface area contributed by atoms with E-state index in [1.807, 2.05) is 6.92 Å². The number of likely N-dealkylation sites (tertiary alicyclic amines) is 2. The average molecular weight is 326 g/mol. The molecule has 2 aliphatic rings. The number of carbonyl (C=O) groups is 2. The van der Waals surface area contributed by atoms with E-state index in [2.05, 4.69) is 0 Å². The molecule has 2 aliphatic heterocycles. The molecule has 3 rings (SSSR count). The molecule has 1 aromatic heterocycles. The summed E-state index contributed by atoms with van der Waals surface area (Å²) in [6.07, 6.45) is 1.24. The second kappa shape index (κ2) is 5.32. The highest BCUT2D eigenvalue weighted by molar-refractivity contribution is 5.96. The minimum absolute atomic E-state index is 0.0430. The minimum atomic E-state index is -3.06. The summed E-state index contributed by atoms with van der Waals surface area (Å²) in [4.78, 5) is 27.8. The van der Waals surface area contributed by atoms with E-state index in [4.69, 9.17) is 4.42 Å². The summed E-state index contributed by atoms with van der Waals surface area (Å²) >= 11 is 0. The molecule has 2 saturated heterocycles. The van der Waals surface area contributed by atoms with Crippen molar-refractivity contribution in [2.24, 2.45) is 5.41 Å². The number of carbonyl (C=O) groups excluding carboxylic acids is 2. The van der Waals surface area contributed by atoms with Crippen LogP contribution in [-0.2, 0) is 4.79 Å². The maximum absolute atomic E-state index is 14.3. The fraction of sp³-hybridized carbons (Fsp3) is 0.625. The van der Waals surface area contributed by atoms with E-state index in [0.717, 1.165) is 4.90 Å². The first-order valence-corrected chi connectivity index (χ1v) is 7.79. The van der Waals surface area contributed by atoms with Gasteiger partial charge in [-0.25, -0.2) is 8.78 Å². The summed E-state index contributed by atoms with van der Waals surface area (Å²) in [5.41, 5.74) is -0.888. The zero-order valence-corrected chi connectivity index (χ0v) is 13.3. The monoisotopic (exact) mass is 326 g/mol. The van der Waals surface area contributed by atoms with Crippen LogP contribution in [0.5, 0.6) is 0 Å². The number of aryl methyl sites for hydroxylation is 1. The van der Waals surface area contributed by atoms with Gasteiger partial charge in [0.2, 0.25) is 5.91 Å². The van der Waals surface area contributed by atoms with Gasteiger partial charge < -0.3 is 14.2 Å². The van der Waals surface area contributed by atoms with Crippen LogP contribution in [0.25, 0.3) is 0 Å². The van der Waals surface area contributed by atoms with Gasteiger partial charge in [0.15, 0.2) is 0 Å². The number of piperidine rings is 1. The van der Waals surface area contributed by atoms with Crippen molar-refractivity contribution >= 4 is 11.8 Å². The predicted molar refractivity (Wildman–Crippen MR) is 78.2 cm³/mol. The van der Waals surface area contributed by atoms with Crippen molar-refractivity contribution in [3.05, 3.63) is 23.7 Å². The van der Waals surface area contributed by atoms with Gasteiger partial charge in [-0.05, 0) is 26.3 Å². The van der Waals surface area contributed by atoms with E-state index in [0.29, 0.717) is 25.3 Å². The highest BCUT2D eigenvalue weighted by Crippen LogP contribution is 2.45. The van der Waals surface area contributed by atoms with Crippen LogP contribution in [0, 0.1) is 12.3 Å². The van der Waals surface area contributed by atoms with Crippen LogP contribution in [0.4, 0.5) is 8.78 Å². The van der Waals surface area contributed by atoms with Crippen molar-refractivity contribution in [1.82, 2.24) is 9.80 Å². The van der Waals surface area contributed by atoms with E-state index in [-0.39, 0.29) is 18.0 Å². The van der Waals surface area contributed by atoms with E-state index in [1.165, 1.54) is 12.3 Å². The molecule has 2 amide bonds. The summed E-state index contributed by atoms with van der Waals surface area (Å²) in [6, 6.07) is 1.48. The van der Waals surface area contributed by atoms with Gasteiger partial charge in [-0.15, -0.1) is 0 Å². The van der Waals surface area contributed by atoms with Crippen molar-refractivity contribution in [2.75, 3.05) is 26.2 Å². The molecule has 0 N–H and O–H groups in total. The highest BCUT2D eigenvalue weighted by atomic mass is 19.3. The first kappa shape index (κ1) is 16.0. The number of amides is 2. The first-order valence-electron chi connectivity index (χ1n) is 7.79. The van der Waals surface area contributed by atoms with E-state index in [9.17, 15) is 18.4 Å². The maximum Gasteiger partial charge on any atom is 0.266 e. The fourth-order valence-electron chi connectivity index (χ4n) is 3.73. The Morgan fingerprint density at radius 2 is 2.13 bits per heavy atom. The molecule has 0 bridgehead atoms. The SMILES string of the molecule is CCN1CC[C@@]2(CN(C(=O)c3ccoc3C)CC(F)(F)C2)C1=O. The number of nitrogens with zero attached hydrogens (tertiary/aromatic N) is 2. The Hall–Kier alpha value is -1.92. The molecule has 0 saturated carbocycles. The standard InChI is InChI=1S/C16H20F2N2O3/c1-3-19-6-5-15(14(19)22)8-16(17,18)10-20(9-15)13(21)12-4-7-23-11(12)2/h4,7H,3,5-6,8-10H2,1-2H3/t15-/m1/s1. The maximum atomic E-state index is 14.3. The molecule has 0 unspecified atom stereocenters. The lowest BCUT2D eigenvalue weighted by molar-refractivity contribution is -0.151. The fourth-order valence-corrected chi connectivity index (χ4v) is 3.73. The summed E-state index contributed by atoms with van der Waals surface area (Å²) in [5.74, 6) is -3.44. The molecule has 0 aromatic carbocycles. The van der Waals surface area contributed by atoms with Gasteiger partial charge in [-0.1, -0.05) is 0 Å². The third-order valence-electron chi connectivity index (χ3n) is 4.87. The summed E-state index contributed by atoms with van der Waals surface area (Å²) < 4.78 is 33.6. The number of hydrogen-bond donors (Lipinski definition) is 0. The van der Waals surface area contributed by atoms with Gasteiger partial charge in [0.25, 0.3) is 11.8 Å². The van der Waals surface area contributed by atoms with Crippen molar-refractivity contribution < 1.29 is 22.8 Å². The molecular formula is C16H20F2N2O3. The Morgan fingerprint density at radius 3 is 2.70 bits per heavy atom. The van der Waals surface area contributed by atoms with Gasteiger partial charge in [0, 0.05) is 26.1 Å². The minimum Gasteiger partial charge on any atom is -0.469 e. The molecule has 1 atom stereocenters. The first-order chi connectivity index (χ1) is 10.8. The predicted octanol–water partition coefficient (Wildman–Crippen LogP) is 2.31. The molecule has 126 valence electrons. The second-order valence-electron chi connectivity index (χ2n) is 6.50. The van der Waals surface area contributed by atoms with Gasteiger partial charge in [0.05, 0.1) is 23.8 Å². The van der Waals surface area contributed by atoms with E-state index in [1.54, 1.807) is 11.8 Å². The molecular weight excluding hydrogens is 306 g/mol. The number of hydrogen-bond acceptors (Lipinski definition) is 3. The smallest absolute Gasteiger partial charge is 0.266 e. The largest absolute Gasteiger partial charge is 0.469 e. The highest BCUT2D eigenvalue weighted by Gasteiger charge is 2.57. The normalized spacial score (nSPS) is 27.0. The lowest BCUT2D eigenvalue weighted by atomic mass is 9.76. The van der Waals surface area contributed by atoms with Gasteiger partial charge in [0.1, 0.15) is 5.76 Å². The Balaban J connectivity index is 1.90. The van der Waals surface area contributed by atoms with Crippen molar-refractivity contribution in [3.63, 3.8) is 0 Å². The topological polar surface area (TPSA) is 53.8 Å². The summed E-state index contributed by atoms with van der Waals surface area (Å²) in [7, 11) is 0. The molecule has 0 aliphatic carbocycles. The lowest BCUT2D eigenvalue weighted by Crippen LogP contribution is -2.57. The van der Waals surface area contributed by atoms with Gasteiger partial charge in [-0.2, -0.15) is 0 Å². The third kappa shape index (κ3) is 2.62. The molecule has 7 heteroatoms. The van der Waals surface area contributed by atoms with Gasteiger partial charge >= 0.3 is 0 Å². The zero-order chi connectivity index (χ0) is 16.8. The Kier molecular flexibility index (Phi) is 3.69. The quantitative estimate of drug-likeness (QED) is 0.838. The van der Waals surface area contributed by atoms with Crippen molar-refractivity contribution in [2.45, 2.75) is 32.6 Å². The number of furan rings is 1. The number of rotatable bonds is 2. The molecule has 1 aromatic rings. The van der Waals surface area contributed by atoms with Crippen LogP contribution in [-0.4, -0.2) is 53.7 Å². The van der Waals surface area contributed by atoms with Crippen molar-refractivity contribution in [3.8, 4) is 0 Å². The number of halogens is 2.